The maximum atomic E-state index is 14.6. The summed E-state index contributed by atoms with van der Waals surface area (Å²) in [5, 5.41) is 23.7. The molecule has 0 aliphatic heterocycles. The molecule has 2 N–H and O–H groups in total. The number of aliphatic hydroxyl groups is 1. The molecule has 1 amide bonds. The van der Waals surface area contributed by atoms with Crippen molar-refractivity contribution in [3.05, 3.63) is 53.2 Å². The molecule has 0 unspecified atom stereocenters. The highest BCUT2D eigenvalue weighted by Crippen LogP contribution is 2.26. The average Bonchev–Trinajstić information content (AvgIpc) is 3.17. The Bertz CT molecular complexity index is 1030. The summed E-state index contributed by atoms with van der Waals surface area (Å²) >= 11 is 0. The topological polar surface area (TPSA) is 106 Å². The third-order valence-corrected chi connectivity index (χ3v) is 4.34. The summed E-state index contributed by atoms with van der Waals surface area (Å²) in [7, 11) is 0. The zero-order valence-electron chi connectivity index (χ0n) is 16.7. The predicted octanol–water partition coefficient (Wildman–Crippen LogP) is 2.41. The molecule has 0 radical (unpaired) electrons. The van der Waals surface area contributed by atoms with Gasteiger partial charge in [-0.25, -0.2) is 4.39 Å². The van der Waals surface area contributed by atoms with E-state index in [4.69, 9.17) is 0 Å². The van der Waals surface area contributed by atoms with Crippen LogP contribution in [0.1, 0.15) is 48.4 Å². The van der Waals surface area contributed by atoms with E-state index in [1.807, 2.05) is 13.8 Å². The molecule has 0 fully saturated rings. The number of amides is 1. The number of aryl methyl sites for hydroxylation is 1. The van der Waals surface area contributed by atoms with E-state index in [9.17, 15) is 14.3 Å². The molecule has 3 rings (SSSR count). The summed E-state index contributed by atoms with van der Waals surface area (Å²) in [6.07, 6.45) is 1.56. The Labute approximate surface area is 167 Å². The first-order chi connectivity index (χ1) is 13.8. The van der Waals surface area contributed by atoms with Gasteiger partial charge in [-0.05, 0) is 54.1 Å². The van der Waals surface area contributed by atoms with Crippen LogP contribution in [-0.4, -0.2) is 48.9 Å². The number of pyridine rings is 1. The Morgan fingerprint density at radius 3 is 2.66 bits per heavy atom. The number of hydrogen-bond donors (Lipinski definition) is 2. The molecule has 9 heteroatoms. The maximum absolute atomic E-state index is 14.6. The number of carbonyl (C=O) groups excluding carboxylic acids is 1. The van der Waals surface area contributed by atoms with Gasteiger partial charge < -0.3 is 10.4 Å². The number of nitrogens with one attached hydrogen (secondary N) is 1. The van der Waals surface area contributed by atoms with Gasteiger partial charge in [0.05, 0.1) is 12.3 Å². The number of halogens is 1. The average molecular weight is 398 g/mol. The molecule has 29 heavy (non-hydrogen) atoms. The first-order valence-corrected chi connectivity index (χ1v) is 9.28. The number of hydrogen-bond acceptors (Lipinski definition) is 6. The summed E-state index contributed by atoms with van der Waals surface area (Å²) in [6.45, 7) is 7.13. The first kappa shape index (κ1) is 20.5. The molecule has 152 valence electrons. The van der Waals surface area contributed by atoms with Gasteiger partial charge in [-0.2, -0.15) is 4.68 Å². The van der Waals surface area contributed by atoms with Crippen LogP contribution in [0.15, 0.2) is 30.5 Å². The SMILES string of the molecule is Cc1cnc(-c2cc(C(=O)N[C@@H](C)CO)cc(-n3nnnc3C(C)C)c2)c(F)c1. The predicted molar refractivity (Wildman–Crippen MR) is 105 cm³/mol. The van der Waals surface area contributed by atoms with Crippen molar-refractivity contribution in [2.45, 2.75) is 39.7 Å². The van der Waals surface area contributed by atoms with E-state index in [2.05, 4.69) is 25.8 Å². The normalized spacial score (nSPS) is 12.2. The minimum atomic E-state index is -0.488. The summed E-state index contributed by atoms with van der Waals surface area (Å²) in [4.78, 5) is 16.9. The highest BCUT2D eigenvalue weighted by Gasteiger charge is 2.18. The molecule has 2 heterocycles. The Morgan fingerprint density at radius 1 is 1.24 bits per heavy atom. The van der Waals surface area contributed by atoms with Crippen LogP contribution in [0.2, 0.25) is 0 Å². The fourth-order valence-electron chi connectivity index (χ4n) is 2.84. The van der Waals surface area contributed by atoms with Crippen molar-refractivity contribution in [1.29, 1.82) is 0 Å². The summed E-state index contributed by atoms with van der Waals surface area (Å²) in [5.74, 6) is -0.247. The van der Waals surface area contributed by atoms with Gasteiger partial charge in [0.15, 0.2) is 5.82 Å². The molecular formula is C20H23FN6O2. The van der Waals surface area contributed by atoms with Crippen molar-refractivity contribution < 1.29 is 14.3 Å². The number of aliphatic hydroxyl groups excluding tert-OH is 1. The number of tetrazole rings is 1. The van der Waals surface area contributed by atoms with Gasteiger partial charge in [0.2, 0.25) is 0 Å². The van der Waals surface area contributed by atoms with Gasteiger partial charge >= 0.3 is 0 Å². The highest BCUT2D eigenvalue weighted by atomic mass is 19.1. The number of carbonyl (C=O) groups is 1. The fraction of sp³-hybridized carbons (Fsp3) is 0.350. The lowest BCUT2D eigenvalue weighted by molar-refractivity contribution is 0.0922. The second kappa shape index (κ2) is 8.44. The molecule has 0 aliphatic rings. The Balaban J connectivity index is 2.16. The standard InChI is InChI=1S/C20H23FN6O2/c1-11(2)19-24-25-26-27(19)16-7-14(18-17(21)5-12(3)9-22-18)6-15(8-16)20(29)23-13(4)10-28/h5-9,11,13,28H,10H2,1-4H3,(H,23,29)/t13-/m0/s1. The van der Waals surface area contributed by atoms with Crippen LogP contribution in [0, 0.1) is 12.7 Å². The van der Waals surface area contributed by atoms with E-state index in [-0.39, 0.29) is 23.8 Å². The monoisotopic (exact) mass is 398 g/mol. The van der Waals surface area contributed by atoms with E-state index in [0.29, 0.717) is 22.6 Å². The summed E-state index contributed by atoms with van der Waals surface area (Å²) < 4.78 is 16.1. The number of benzene rings is 1. The molecule has 1 atom stereocenters. The van der Waals surface area contributed by atoms with E-state index in [0.717, 1.165) is 0 Å². The van der Waals surface area contributed by atoms with E-state index in [1.165, 1.54) is 10.7 Å². The van der Waals surface area contributed by atoms with Gasteiger partial charge in [-0.1, -0.05) is 13.8 Å². The van der Waals surface area contributed by atoms with Crippen LogP contribution >= 0.6 is 0 Å². The molecule has 8 nitrogen and oxygen atoms in total. The Kier molecular flexibility index (Phi) is 5.97. The van der Waals surface area contributed by atoms with Crippen LogP contribution in [0.5, 0.6) is 0 Å². The van der Waals surface area contributed by atoms with Crippen LogP contribution in [0.25, 0.3) is 16.9 Å². The highest BCUT2D eigenvalue weighted by molar-refractivity contribution is 5.96. The van der Waals surface area contributed by atoms with Crippen molar-refractivity contribution in [2.75, 3.05) is 6.61 Å². The quantitative estimate of drug-likeness (QED) is 0.661. The molecule has 0 bridgehead atoms. The van der Waals surface area contributed by atoms with Crippen LogP contribution in [-0.2, 0) is 0 Å². The molecule has 3 aromatic rings. The Hall–Kier alpha value is -3.20. The number of nitrogens with zero attached hydrogens (tertiary/aromatic N) is 5. The molecule has 0 spiro atoms. The largest absolute Gasteiger partial charge is 0.394 e. The van der Waals surface area contributed by atoms with Crippen molar-refractivity contribution in [3.8, 4) is 16.9 Å². The van der Waals surface area contributed by atoms with Gasteiger partial charge in [-0.3, -0.25) is 9.78 Å². The smallest absolute Gasteiger partial charge is 0.251 e. The molecular weight excluding hydrogens is 375 g/mol. The Morgan fingerprint density at radius 2 is 2.00 bits per heavy atom. The maximum Gasteiger partial charge on any atom is 0.251 e. The molecule has 0 saturated heterocycles. The fourth-order valence-corrected chi connectivity index (χ4v) is 2.84. The number of rotatable bonds is 6. The lowest BCUT2D eigenvalue weighted by Gasteiger charge is -2.14. The number of aromatic nitrogens is 5. The second-order valence-electron chi connectivity index (χ2n) is 7.27. The third kappa shape index (κ3) is 4.45. The van der Waals surface area contributed by atoms with Gasteiger partial charge in [-0.15, -0.1) is 5.10 Å². The zero-order valence-corrected chi connectivity index (χ0v) is 16.7. The molecule has 1 aromatic carbocycles. The summed E-state index contributed by atoms with van der Waals surface area (Å²) in [6, 6.07) is 5.83. The minimum Gasteiger partial charge on any atom is -0.394 e. The second-order valence-corrected chi connectivity index (χ2v) is 7.27. The van der Waals surface area contributed by atoms with E-state index < -0.39 is 17.8 Å². The molecule has 2 aromatic heterocycles. The van der Waals surface area contributed by atoms with Crippen molar-refractivity contribution in [3.63, 3.8) is 0 Å². The van der Waals surface area contributed by atoms with Crippen molar-refractivity contribution >= 4 is 5.91 Å². The van der Waals surface area contributed by atoms with Gasteiger partial charge in [0.1, 0.15) is 11.5 Å². The van der Waals surface area contributed by atoms with Crippen LogP contribution < -0.4 is 5.32 Å². The minimum absolute atomic E-state index is 0.0366. The summed E-state index contributed by atoms with van der Waals surface area (Å²) in [5.41, 5.74) is 2.04. The van der Waals surface area contributed by atoms with Gasteiger partial charge in [0.25, 0.3) is 5.91 Å². The van der Waals surface area contributed by atoms with Crippen molar-refractivity contribution in [2.24, 2.45) is 0 Å². The third-order valence-electron chi connectivity index (χ3n) is 4.34. The lowest BCUT2D eigenvalue weighted by atomic mass is 10.0. The lowest BCUT2D eigenvalue weighted by Crippen LogP contribution is -2.35. The first-order valence-electron chi connectivity index (χ1n) is 9.28. The molecule has 0 aliphatic carbocycles. The molecule has 0 saturated carbocycles. The zero-order chi connectivity index (χ0) is 21.1. The van der Waals surface area contributed by atoms with Gasteiger partial charge in [0, 0.05) is 29.3 Å². The van der Waals surface area contributed by atoms with Crippen molar-refractivity contribution in [1.82, 2.24) is 30.5 Å². The van der Waals surface area contributed by atoms with Crippen LogP contribution in [0.3, 0.4) is 0 Å². The van der Waals surface area contributed by atoms with Crippen LogP contribution in [0.4, 0.5) is 4.39 Å². The van der Waals surface area contributed by atoms with E-state index in [1.54, 1.807) is 38.2 Å². The van der Waals surface area contributed by atoms with E-state index >= 15 is 0 Å².